The van der Waals surface area contributed by atoms with E-state index in [1.807, 2.05) is 0 Å². The maximum absolute atomic E-state index is 13.5. The quantitative estimate of drug-likeness (QED) is 0.334. The standard InChI is InChI=1S/C20H19F3N4O7S/c1-26-7-14-17(16(26)18(28)24-10-3-11(21)15(23)12(22)4-10)34-8-9-5-27(19(29)20(30)33-2)6-13(9)25-35(14,31)32/h3-4,7,9,13,25H,5-6,8H2,1-2H3,(H,24,28)/t9-,13-/m1/s1. The highest BCUT2D eigenvalue weighted by atomic mass is 32.2. The Balaban J connectivity index is 1.63. The van der Waals surface area contributed by atoms with Gasteiger partial charge in [0.05, 0.1) is 13.7 Å². The molecule has 4 rings (SSSR count). The molecule has 35 heavy (non-hydrogen) atoms. The molecule has 2 aromatic rings. The number of rotatable bonds is 2. The van der Waals surface area contributed by atoms with E-state index in [-0.39, 0.29) is 36.0 Å². The van der Waals surface area contributed by atoms with Gasteiger partial charge < -0.3 is 24.3 Å². The minimum absolute atomic E-state index is 0.0149. The first-order valence-electron chi connectivity index (χ1n) is 10.1. The Morgan fingerprint density at radius 3 is 2.46 bits per heavy atom. The van der Waals surface area contributed by atoms with Crippen LogP contribution < -0.4 is 14.8 Å². The minimum Gasteiger partial charge on any atom is -0.489 e. The monoisotopic (exact) mass is 516 g/mol. The minimum atomic E-state index is -4.26. The molecule has 1 aromatic heterocycles. The number of sulfonamides is 1. The number of ether oxygens (including phenoxy) is 2. The number of hydrogen-bond donors (Lipinski definition) is 2. The summed E-state index contributed by atoms with van der Waals surface area (Å²) in [5, 5.41) is 2.19. The van der Waals surface area contributed by atoms with Crippen LogP contribution in [0.1, 0.15) is 10.5 Å². The maximum Gasteiger partial charge on any atom is 0.396 e. The number of hydrogen-bond acceptors (Lipinski definition) is 7. The van der Waals surface area contributed by atoms with Gasteiger partial charge in [-0.15, -0.1) is 0 Å². The summed E-state index contributed by atoms with van der Waals surface area (Å²) in [5.74, 6) is -8.65. The molecule has 15 heteroatoms. The largest absolute Gasteiger partial charge is 0.489 e. The van der Waals surface area contributed by atoms with E-state index in [0.29, 0.717) is 12.1 Å². The summed E-state index contributed by atoms with van der Waals surface area (Å²) < 4.78 is 80.1. The number of carbonyl (C=O) groups excluding carboxylic acids is 3. The van der Waals surface area contributed by atoms with E-state index in [4.69, 9.17) is 4.74 Å². The van der Waals surface area contributed by atoms with Crippen LogP contribution in [0.4, 0.5) is 18.9 Å². The van der Waals surface area contributed by atoms with Crippen LogP contribution in [-0.2, 0) is 31.4 Å². The van der Waals surface area contributed by atoms with Crippen molar-refractivity contribution in [2.75, 3.05) is 32.1 Å². The molecule has 2 amide bonds. The summed E-state index contributed by atoms with van der Waals surface area (Å²) >= 11 is 0. The van der Waals surface area contributed by atoms with E-state index < -0.39 is 62.9 Å². The highest BCUT2D eigenvalue weighted by molar-refractivity contribution is 7.89. The summed E-state index contributed by atoms with van der Waals surface area (Å²) in [7, 11) is -1.85. The number of amides is 2. The molecular formula is C20H19F3N4O7S. The third kappa shape index (κ3) is 4.43. The van der Waals surface area contributed by atoms with Crippen LogP contribution in [0.15, 0.2) is 23.2 Å². The molecule has 1 aromatic carbocycles. The SMILES string of the molecule is COC(=O)C(=O)N1C[C@@H]2COc3c(cn(C)c3C(=O)Nc3cc(F)c(F)c(F)c3)S(=O)(=O)N[C@@H]2C1. The van der Waals surface area contributed by atoms with Gasteiger partial charge in [-0.2, -0.15) is 0 Å². The second kappa shape index (κ2) is 8.88. The topological polar surface area (TPSA) is 136 Å². The zero-order valence-corrected chi connectivity index (χ0v) is 19.1. The first kappa shape index (κ1) is 24.5. The van der Waals surface area contributed by atoms with E-state index in [9.17, 15) is 36.0 Å². The Bertz CT molecular complexity index is 1320. The van der Waals surface area contributed by atoms with Crippen molar-refractivity contribution in [3.63, 3.8) is 0 Å². The molecule has 0 saturated carbocycles. The molecule has 0 bridgehead atoms. The van der Waals surface area contributed by atoms with Crippen LogP contribution in [0.3, 0.4) is 0 Å². The molecule has 0 unspecified atom stereocenters. The lowest BCUT2D eigenvalue weighted by atomic mass is 10.1. The van der Waals surface area contributed by atoms with Gasteiger partial charge >= 0.3 is 11.9 Å². The van der Waals surface area contributed by atoms with Gasteiger partial charge in [0.25, 0.3) is 5.91 Å². The summed E-state index contributed by atoms with van der Waals surface area (Å²) in [5.41, 5.74) is -0.685. The van der Waals surface area contributed by atoms with Crippen LogP contribution in [0.25, 0.3) is 0 Å². The number of methoxy groups -OCH3 is 1. The van der Waals surface area contributed by atoms with Crippen molar-refractivity contribution >= 4 is 33.5 Å². The van der Waals surface area contributed by atoms with Crippen molar-refractivity contribution in [1.82, 2.24) is 14.2 Å². The Morgan fingerprint density at radius 2 is 1.83 bits per heavy atom. The average Bonchev–Trinajstić information content (AvgIpc) is 3.34. The van der Waals surface area contributed by atoms with Crippen molar-refractivity contribution in [3.8, 4) is 5.75 Å². The number of nitrogens with zero attached hydrogens (tertiary/aromatic N) is 2. The fraction of sp³-hybridized carbons (Fsp3) is 0.350. The van der Waals surface area contributed by atoms with Crippen molar-refractivity contribution in [3.05, 3.63) is 41.5 Å². The molecule has 11 nitrogen and oxygen atoms in total. The van der Waals surface area contributed by atoms with Crippen LogP contribution >= 0.6 is 0 Å². The number of likely N-dealkylation sites (tertiary alicyclic amines) is 1. The van der Waals surface area contributed by atoms with Crippen molar-refractivity contribution in [2.24, 2.45) is 13.0 Å². The molecule has 0 spiro atoms. The van der Waals surface area contributed by atoms with Gasteiger partial charge in [-0.25, -0.2) is 31.1 Å². The normalized spacial score (nSPS) is 20.7. The molecule has 1 fully saturated rings. The van der Waals surface area contributed by atoms with Crippen molar-refractivity contribution < 1.29 is 45.4 Å². The smallest absolute Gasteiger partial charge is 0.396 e. The van der Waals surface area contributed by atoms with Gasteiger partial charge in [-0.1, -0.05) is 0 Å². The molecule has 0 aliphatic carbocycles. The Morgan fingerprint density at radius 1 is 1.17 bits per heavy atom. The van der Waals surface area contributed by atoms with Crippen LogP contribution in [-0.4, -0.2) is 68.5 Å². The number of fused-ring (bicyclic) bond motifs is 2. The summed E-state index contributed by atoms with van der Waals surface area (Å²) in [6.45, 7) is -0.243. The van der Waals surface area contributed by atoms with Gasteiger partial charge in [0, 0.05) is 56.1 Å². The molecule has 2 aliphatic heterocycles. The maximum atomic E-state index is 13.5. The number of aromatic nitrogens is 1. The highest BCUT2D eigenvalue weighted by Gasteiger charge is 2.43. The number of carbonyl (C=O) groups is 3. The third-order valence-corrected chi connectivity index (χ3v) is 7.17. The van der Waals surface area contributed by atoms with Gasteiger partial charge in [0.1, 0.15) is 4.90 Å². The average molecular weight is 516 g/mol. The second-order valence-corrected chi connectivity index (χ2v) is 9.67. The number of benzene rings is 1. The van der Waals surface area contributed by atoms with E-state index in [1.165, 1.54) is 7.05 Å². The molecule has 1 saturated heterocycles. The molecule has 2 aliphatic rings. The van der Waals surface area contributed by atoms with Gasteiger partial charge in [-0.05, 0) is 0 Å². The second-order valence-electron chi connectivity index (χ2n) is 7.99. The molecule has 2 N–H and O–H groups in total. The van der Waals surface area contributed by atoms with Crippen LogP contribution in [0.2, 0.25) is 0 Å². The summed E-state index contributed by atoms with van der Waals surface area (Å²) in [6.07, 6.45) is 1.12. The van der Waals surface area contributed by atoms with Gasteiger partial charge in [0.2, 0.25) is 10.0 Å². The van der Waals surface area contributed by atoms with E-state index in [1.54, 1.807) is 0 Å². The zero-order valence-electron chi connectivity index (χ0n) is 18.3. The zero-order chi connectivity index (χ0) is 25.7. The fourth-order valence-corrected chi connectivity index (χ4v) is 5.49. The molecule has 2 atom stereocenters. The lowest BCUT2D eigenvalue weighted by Crippen LogP contribution is -2.44. The molecule has 188 valence electrons. The highest BCUT2D eigenvalue weighted by Crippen LogP contribution is 2.35. The number of anilines is 1. The van der Waals surface area contributed by atoms with E-state index in [0.717, 1.165) is 22.8 Å². The third-order valence-electron chi connectivity index (χ3n) is 5.69. The number of esters is 1. The molecule has 3 heterocycles. The fourth-order valence-electron chi connectivity index (χ4n) is 4.00. The first-order chi connectivity index (χ1) is 16.4. The Labute approximate surface area is 196 Å². The first-order valence-corrected chi connectivity index (χ1v) is 11.6. The summed E-state index contributed by atoms with van der Waals surface area (Å²) in [6, 6.07) is 0.362. The number of nitrogens with one attached hydrogen (secondary N) is 2. The summed E-state index contributed by atoms with van der Waals surface area (Å²) in [4.78, 5) is 37.4. The van der Waals surface area contributed by atoms with E-state index >= 15 is 0 Å². The molecular weight excluding hydrogens is 497 g/mol. The van der Waals surface area contributed by atoms with E-state index in [2.05, 4.69) is 14.8 Å². The lowest BCUT2D eigenvalue weighted by molar-refractivity contribution is -0.157. The Kier molecular flexibility index (Phi) is 6.23. The lowest BCUT2D eigenvalue weighted by Gasteiger charge is -2.23. The van der Waals surface area contributed by atoms with Gasteiger partial charge in [0.15, 0.2) is 28.9 Å². The van der Waals surface area contributed by atoms with Gasteiger partial charge in [-0.3, -0.25) is 9.59 Å². The van der Waals surface area contributed by atoms with Crippen molar-refractivity contribution in [2.45, 2.75) is 10.9 Å². The predicted octanol–water partition coefficient (Wildman–Crippen LogP) is 0.365. The molecule has 0 radical (unpaired) electrons. The number of aryl methyl sites for hydroxylation is 1. The van der Waals surface area contributed by atoms with Crippen LogP contribution in [0.5, 0.6) is 5.75 Å². The van der Waals surface area contributed by atoms with Crippen LogP contribution in [0, 0.1) is 23.4 Å². The number of halogens is 3. The Hall–Kier alpha value is -3.59. The predicted molar refractivity (Wildman–Crippen MR) is 111 cm³/mol. The van der Waals surface area contributed by atoms with Crippen molar-refractivity contribution in [1.29, 1.82) is 0 Å².